The second-order valence-corrected chi connectivity index (χ2v) is 6.33. The number of aromatic nitrogens is 2. The van der Waals surface area contributed by atoms with E-state index < -0.39 is 18.0 Å². The molecule has 1 heterocycles. The van der Waals surface area contributed by atoms with Gasteiger partial charge in [0.05, 0.1) is 11.3 Å². The zero-order valence-electron chi connectivity index (χ0n) is 9.88. The molecule has 1 aromatic heterocycles. The van der Waals surface area contributed by atoms with Crippen molar-refractivity contribution in [2.24, 2.45) is 5.92 Å². The van der Waals surface area contributed by atoms with E-state index in [4.69, 9.17) is 11.6 Å². The van der Waals surface area contributed by atoms with Crippen molar-refractivity contribution in [3.05, 3.63) is 10.0 Å². The van der Waals surface area contributed by atoms with E-state index in [1.807, 2.05) is 0 Å². The minimum Gasteiger partial charge on any atom is -0.171 e. The maximum atomic E-state index is 13.0. The van der Waals surface area contributed by atoms with Crippen molar-refractivity contribution in [2.45, 2.75) is 50.1 Å². The van der Waals surface area contributed by atoms with Gasteiger partial charge in [-0.3, -0.25) is 0 Å². The van der Waals surface area contributed by atoms with E-state index in [1.54, 1.807) is 6.92 Å². The molecule has 2 nitrogen and oxygen atoms in total. The minimum atomic E-state index is -4.15. The van der Waals surface area contributed by atoms with Gasteiger partial charge in [0.15, 0.2) is 0 Å². The van der Waals surface area contributed by atoms with Crippen molar-refractivity contribution < 1.29 is 13.2 Å². The minimum absolute atomic E-state index is 0.194. The molecule has 1 fully saturated rings. The smallest absolute Gasteiger partial charge is 0.171 e. The summed E-state index contributed by atoms with van der Waals surface area (Å²) in [6, 6.07) is 0. The Morgan fingerprint density at radius 1 is 1.28 bits per heavy atom. The summed E-state index contributed by atoms with van der Waals surface area (Å²) in [5.74, 6) is -1.82. The van der Waals surface area contributed by atoms with Crippen LogP contribution in [0, 0.1) is 5.92 Å². The highest BCUT2D eigenvalue weighted by Crippen LogP contribution is 2.47. The van der Waals surface area contributed by atoms with Crippen molar-refractivity contribution >= 4 is 22.9 Å². The fraction of sp³-hybridized carbons (Fsp3) is 0.818. The maximum Gasteiger partial charge on any atom is 0.392 e. The van der Waals surface area contributed by atoms with Crippen molar-refractivity contribution in [3.8, 4) is 0 Å². The lowest BCUT2D eigenvalue weighted by atomic mass is 9.79. The monoisotopic (exact) mass is 298 g/mol. The van der Waals surface area contributed by atoms with E-state index in [0.29, 0.717) is 22.9 Å². The second-order valence-electron chi connectivity index (χ2n) is 4.63. The molecule has 102 valence electrons. The van der Waals surface area contributed by atoms with Crippen LogP contribution < -0.4 is 0 Å². The molecule has 1 aromatic rings. The summed E-state index contributed by atoms with van der Waals surface area (Å²) >= 11 is 7.08. The Morgan fingerprint density at radius 2 is 1.94 bits per heavy atom. The van der Waals surface area contributed by atoms with Crippen molar-refractivity contribution in [1.29, 1.82) is 0 Å². The predicted octanol–water partition coefficient (Wildman–Crippen LogP) is 4.67. The number of hydrogen-bond donors (Lipinski definition) is 0. The quantitative estimate of drug-likeness (QED) is 0.741. The standard InChI is InChI=1S/C11H14ClF3N2S/c1-6(12)9-16-17-10(18-9)7-4-2-3-5-8(7)11(13,14)15/h6-8H,2-5H2,1H3. The molecule has 3 unspecified atom stereocenters. The zero-order chi connectivity index (χ0) is 13.3. The van der Waals surface area contributed by atoms with E-state index in [1.165, 1.54) is 11.3 Å². The van der Waals surface area contributed by atoms with Crippen LogP contribution in [0.3, 0.4) is 0 Å². The Kier molecular flexibility index (Phi) is 4.16. The van der Waals surface area contributed by atoms with Gasteiger partial charge in [0.1, 0.15) is 10.0 Å². The van der Waals surface area contributed by atoms with Crippen LogP contribution in [-0.4, -0.2) is 16.4 Å². The maximum absolute atomic E-state index is 13.0. The molecule has 1 saturated carbocycles. The van der Waals surface area contributed by atoms with Gasteiger partial charge >= 0.3 is 6.18 Å². The summed E-state index contributed by atoms with van der Waals surface area (Å²) in [4.78, 5) is 0. The molecule has 0 N–H and O–H groups in total. The van der Waals surface area contributed by atoms with Crippen LogP contribution in [0.15, 0.2) is 0 Å². The molecule has 7 heteroatoms. The summed E-state index contributed by atoms with van der Waals surface area (Å²) < 4.78 is 38.9. The van der Waals surface area contributed by atoms with Gasteiger partial charge in [0.2, 0.25) is 0 Å². The molecule has 0 aliphatic heterocycles. The first-order valence-corrected chi connectivity index (χ1v) is 7.19. The van der Waals surface area contributed by atoms with Gasteiger partial charge < -0.3 is 0 Å². The normalized spacial score (nSPS) is 27.2. The van der Waals surface area contributed by atoms with Crippen LogP contribution in [0.4, 0.5) is 13.2 Å². The fourth-order valence-corrected chi connectivity index (χ4v) is 3.53. The summed E-state index contributed by atoms with van der Waals surface area (Å²) in [5, 5.41) is 8.57. The van der Waals surface area contributed by atoms with Crippen LogP contribution in [0.5, 0.6) is 0 Å². The Hall–Kier alpha value is -0.360. The summed E-state index contributed by atoms with van der Waals surface area (Å²) in [6.45, 7) is 1.74. The molecular weight excluding hydrogens is 285 g/mol. The van der Waals surface area contributed by atoms with E-state index >= 15 is 0 Å². The molecule has 3 atom stereocenters. The highest BCUT2D eigenvalue weighted by atomic mass is 35.5. The molecule has 0 amide bonds. The van der Waals surface area contributed by atoms with Crippen LogP contribution in [-0.2, 0) is 0 Å². The molecular formula is C11H14ClF3N2S. The van der Waals surface area contributed by atoms with Crippen molar-refractivity contribution in [3.63, 3.8) is 0 Å². The molecule has 18 heavy (non-hydrogen) atoms. The van der Waals surface area contributed by atoms with E-state index in [-0.39, 0.29) is 11.8 Å². The third-order valence-electron chi connectivity index (χ3n) is 3.30. The number of rotatable bonds is 2. The average Bonchev–Trinajstić information content (AvgIpc) is 2.77. The second kappa shape index (κ2) is 5.33. The van der Waals surface area contributed by atoms with Crippen LogP contribution in [0.1, 0.15) is 53.9 Å². The van der Waals surface area contributed by atoms with E-state index in [2.05, 4.69) is 10.2 Å². The summed E-state index contributed by atoms with van der Waals surface area (Å²) in [7, 11) is 0. The lowest BCUT2D eigenvalue weighted by Gasteiger charge is -2.31. The number of nitrogens with zero attached hydrogens (tertiary/aromatic N) is 2. The van der Waals surface area contributed by atoms with E-state index in [9.17, 15) is 13.2 Å². The molecule has 2 rings (SSSR count). The van der Waals surface area contributed by atoms with Gasteiger partial charge in [0.25, 0.3) is 0 Å². The van der Waals surface area contributed by atoms with Gasteiger partial charge in [-0.15, -0.1) is 21.8 Å². The first-order valence-electron chi connectivity index (χ1n) is 5.93. The van der Waals surface area contributed by atoms with Crippen LogP contribution in [0.25, 0.3) is 0 Å². The number of halogens is 4. The van der Waals surface area contributed by atoms with Gasteiger partial charge in [-0.1, -0.05) is 24.2 Å². The molecule has 0 aromatic carbocycles. The first-order chi connectivity index (χ1) is 8.39. The topological polar surface area (TPSA) is 25.8 Å². The largest absolute Gasteiger partial charge is 0.392 e. The third kappa shape index (κ3) is 2.96. The summed E-state index contributed by atoms with van der Waals surface area (Å²) in [5.41, 5.74) is 0. The highest BCUT2D eigenvalue weighted by Gasteiger charge is 2.47. The number of hydrogen-bond acceptors (Lipinski definition) is 3. The SMILES string of the molecule is CC(Cl)c1nnc(C2CCCCC2C(F)(F)F)s1. The summed E-state index contributed by atoms with van der Waals surface area (Å²) in [6.07, 6.45) is -1.96. The van der Waals surface area contributed by atoms with Gasteiger partial charge in [-0.2, -0.15) is 13.2 Å². The van der Waals surface area contributed by atoms with Crippen LogP contribution >= 0.6 is 22.9 Å². The highest BCUT2D eigenvalue weighted by molar-refractivity contribution is 7.11. The Morgan fingerprint density at radius 3 is 2.50 bits per heavy atom. The van der Waals surface area contributed by atoms with Gasteiger partial charge in [-0.25, -0.2) is 0 Å². The Balaban J connectivity index is 2.22. The third-order valence-corrected chi connectivity index (χ3v) is 4.87. The van der Waals surface area contributed by atoms with Gasteiger partial charge in [0, 0.05) is 5.92 Å². The molecule has 1 aliphatic carbocycles. The Bertz CT molecular complexity index is 405. The fourth-order valence-electron chi connectivity index (χ4n) is 2.38. The van der Waals surface area contributed by atoms with E-state index in [0.717, 1.165) is 6.42 Å². The van der Waals surface area contributed by atoms with Crippen LogP contribution in [0.2, 0.25) is 0 Å². The predicted molar refractivity (Wildman–Crippen MR) is 64.9 cm³/mol. The number of alkyl halides is 4. The van der Waals surface area contributed by atoms with Gasteiger partial charge in [-0.05, 0) is 19.8 Å². The molecule has 1 aliphatic rings. The Labute approximate surface area is 113 Å². The lowest BCUT2D eigenvalue weighted by Crippen LogP contribution is -2.31. The average molecular weight is 299 g/mol. The molecule has 0 spiro atoms. The van der Waals surface area contributed by atoms with Crippen molar-refractivity contribution in [2.75, 3.05) is 0 Å². The molecule has 0 saturated heterocycles. The molecule has 0 bridgehead atoms. The first kappa shape index (κ1) is 14.1. The van der Waals surface area contributed by atoms with Crippen molar-refractivity contribution in [1.82, 2.24) is 10.2 Å². The molecule has 0 radical (unpaired) electrons. The lowest BCUT2D eigenvalue weighted by molar-refractivity contribution is -0.187. The zero-order valence-corrected chi connectivity index (χ0v) is 11.4.